The molecule has 0 aliphatic heterocycles. The minimum absolute atomic E-state index is 0.398. The first-order chi connectivity index (χ1) is 9.95. The quantitative estimate of drug-likeness (QED) is 0.757. The summed E-state index contributed by atoms with van der Waals surface area (Å²) in [6, 6.07) is 3.59. The number of carboxylic acids is 1. The number of benzene rings is 1. The van der Waals surface area contributed by atoms with Crippen LogP contribution in [-0.4, -0.2) is 20.9 Å². The molecule has 1 aromatic heterocycles. The Hall–Kier alpha value is -1.60. The molecule has 110 valence electrons. The van der Waals surface area contributed by atoms with Gasteiger partial charge in [-0.15, -0.1) is 0 Å². The molecular weight excluding hydrogens is 404 g/mol. The van der Waals surface area contributed by atoms with E-state index in [1.54, 1.807) is 23.0 Å². The first-order valence-corrected chi connectivity index (χ1v) is 7.54. The lowest BCUT2D eigenvalue weighted by atomic mass is 10.2. The third-order valence-electron chi connectivity index (χ3n) is 2.58. The second-order valence-corrected chi connectivity index (χ2v) is 6.00. The largest absolute Gasteiger partial charge is 0.486 e. The van der Waals surface area contributed by atoms with Crippen molar-refractivity contribution in [2.45, 2.75) is 6.61 Å². The Morgan fingerprint density at radius 1 is 1.43 bits per heavy atom. The van der Waals surface area contributed by atoms with E-state index in [0.29, 0.717) is 12.4 Å². The van der Waals surface area contributed by atoms with Crippen LogP contribution in [0.4, 0.5) is 0 Å². The number of ether oxygens (including phenoxy) is 1. The Balaban J connectivity index is 2.15. The number of carbonyl (C=O) groups is 1. The van der Waals surface area contributed by atoms with Gasteiger partial charge in [0.15, 0.2) is 0 Å². The van der Waals surface area contributed by atoms with Crippen molar-refractivity contribution in [2.24, 2.45) is 7.05 Å². The molecule has 2 aromatic rings. The molecule has 0 saturated carbocycles. The lowest BCUT2D eigenvalue weighted by molar-refractivity contribution is -0.131. The van der Waals surface area contributed by atoms with E-state index in [1.807, 2.05) is 13.2 Å². The van der Waals surface area contributed by atoms with Gasteiger partial charge < -0.3 is 9.84 Å². The first-order valence-electron chi connectivity index (χ1n) is 5.96. The second kappa shape index (κ2) is 6.91. The first kappa shape index (κ1) is 15.8. The minimum Gasteiger partial charge on any atom is -0.486 e. The Morgan fingerprint density at radius 2 is 2.10 bits per heavy atom. The van der Waals surface area contributed by atoms with Crippen LogP contribution in [0.1, 0.15) is 11.1 Å². The molecule has 5 nitrogen and oxygen atoms in total. The Bertz CT molecular complexity index is 672. The number of halogens is 2. The van der Waals surface area contributed by atoms with Crippen LogP contribution in [0.15, 0.2) is 39.5 Å². The molecule has 0 unspecified atom stereocenters. The van der Waals surface area contributed by atoms with Crippen LogP contribution in [0.2, 0.25) is 0 Å². The van der Waals surface area contributed by atoms with Gasteiger partial charge in [0.25, 0.3) is 0 Å². The maximum atomic E-state index is 10.5. The summed E-state index contributed by atoms with van der Waals surface area (Å²) in [5.41, 5.74) is 1.72. The average molecular weight is 416 g/mol. The van der Waals surface area contributed by atoms with Gasteiger partial charge in [0.2, 0.25) is 0 Å². The molecule has 0 aliphatic carbocycles. The van der Waals surface area contributed by atoms with Crippen LogP contribution in [0.25, 0.3) is 6.08 Å². The van der Waals surface area contributed by atoms with Crippen LogP contribution in [0, 0.1) is 0 Å². The van der Waals surface area contributed by atoms with Crippen molar-refractivity contribution in [1.29, 1.82) is 0 Å². The normalized spacial score (nSPS) is 11.0. The summed E-state index contributed by atoms with van der Waals surface area (Å²) in [6.45, 7) is 0.398. The summed E-state index contributed by atoms with van der Waals surface area (Å²) >= 11 is 6.85. The maximum absolute atomic E-state index is 10.5. The highest BCUT2D eigenvalue weighted by molar-refractivity contribution is 9.11. The number of aromatic nitrogens is 2. The number of aryl methyl sites for hydroxylation is 1. The van der Waals surface area contributed by atoms with Crippen LogP contribution in [-0.2, 0) is 18.4 Å². The predicted molar refractivity (Wildman–Crippen MR) is 86.1 cm³/mol. The molecule has 7 heteroatoms. The van der Waals surface area contributed by atoms with Crippen molar-refractivity contribution >= 4 is 43.9 Å². The predicted octanol–water partition coefficient (Wildman–Crippen LogP) is 3.62. The second-order valence-electron chi connectivity index (χ2n) is 4.30. The fourth-order valence-electron chi connectivity index (χ4n) is 1.68. The van der Waals surface area contributed by atoms with Gasteiger partial charge in [-0.25, -0.2) is 4.79 Å². The number of carboxylic acid groups (broad SMARTS) is 1. The molecule has 1 N–H and O–H groups in total. The van der Waals surface area contributed by atoms with E-state index in [2.05, 4.69) is 37.0 Å². The molecule has 0 atom stereocenters. The van der Waals surface area contributed by atoms with Gasteiger partial charge in [-0.3, -0.25) is 4.68 Å². The molecule has 2 rings (SSSR count). The number of nitrogens with zero attached hydrogens (tertiary/aromatic N) is 2. The van der Waals surface area contributed by atoms with Gasteiger partial charge in [-0.2, -0.15) is 5.10 Å². The topological polar surface area (TPSA) is 64.3 Å². The van der Waals surface area contributed by atoms with Gasteiger partial charge in [-0.05, 0) is 55.6 Å². The highest BCUT2D eigenvalue weighted by Crippen LogP contribution is 2.35. The fourth-order valence-corrected chi connectivity index (χ4v) is 3.13. The Kier molecular flexibility index (Phi) is 5.19. The van der Waals surface area contributed by atoms with Gasteiger partial charge in [-0.1, -0.05) is 0 Å². The van der Waals surface area contributed by atoms with E-state index in [0.717, 1.165) is 26.1 Å². The van der Waals surface area contributed by atoms with Crippen molar-refractivity contribution in [3.63, 3.8) is 0 Å². The molecule has 0 fully saturated rings. The summed E-state index contributed by atoms with van der Waals surface area (Å²) < 4.78 is 8.95. The van der Waals surface area contributed by atoms with Crippen LogP contribution >= 0.6 is 31.9 Å². The van der Waals surface area contributed by atoms with Crippen molar-refractivity contribution in [3.8, 4) is 5.75 Å². The van der Waals surface area contributed by atoms with E-state index >= 15 is 0 Å². The third kappa shape index (κ3) is 4.44. The van der Waals surface area contributed by atoms with Gasteiger partial charge in [0, 0.05) is 24.9 Å². The smallest absolute Gasteiger partial charge is 0.328 e. The molecule has 0 aliphatic rings. The molecule has 1 heterocycles. The Labute approximate surface area is 138 Å². The van der Waals surface area contributed by atoms with Gasteiger partial charge >= 0.3 is 5.97 Å². The average Bonchev–Trinajstić information content (AvgIpc) is 2.81. The van der Waals surface area contributed by atoms with E-state index in [9.17, 15) is 4.79 Å². The van der Waals surface area contributed by atoms with Crippen molar-refractivity contribution in [1.82, 2.24) is 9.78 Å². The highest BCUT2D eigenvalue weighted by atomic mass is 79.9. The lowest BCUT2D eigenvalue weighted by Crippen LogP contribution is -1.96. The monoisotopic (exact) mass is 414 g/mol. The van der Waals surface area contributed by atoms with Crippen LogP contribution < -0.4 is 4.74 Å². The zero-order chi connectivity index (χ0) is 15.4. The van der Waals surface area contributed by atoms with Crippen molar-refractivity contribution in [3.05, 3.63) is 50.7 Å². The van der Waals surface area contributed by atoms with E-state index in [4.69, 9.17) is 9.84 Å². The van der Waals surface area contributed by atoms with Crippen LogP contribution in [0.5, 0.6) is 5.75 Å². The summed E-state index contributed by atoms with van der Waals surface area (Å²) in [5, 5.41) is 12.7. The molecule has 1 aromatic carbocycles. The lowest BCUT2D eigenvalue weighted by Gasteiger charge is -2.10. The SMILES string of the molecule is Cn1cc(COc2c(Br)cc(/C=C/C(=O)O)cc2Br)cn1. The minimum atomic E-state index is -0.987. The molecule has 0 amide bonds. The summed E-state index contributed by atoms with van der Waals surface area (Å²) in [5.74, 6) is -0.328. The number of hydrogen-bond donors (Lipinski definition) is 1. The molecule has 0 radical (unpaired) electrons. The van der Waals surface area contributed by atoms with E-state index in [1.165, 1.54) is 6.08 Å². The summed E-state index contributed by atoms with van der Waals surface area (Å²) in [6.07, 6.45) is 6.23. The van der Waals surface area contributed by atoms with Crippen molar-refractivity contribution < 1.29 is 14.6 Å². The van der Waals surface area contributed by atoms with Gasteiger partial charge in [0.1, 0.15) is 12.4 Å². The Morgan fingerprint density at radius 3 is 2.62 bits per heavy atom. The zero-order valence-electron chi connectivity index (χ0n) is 11.1. The molecule has 21 heavy (non-hydrogen) atoms. The molecule has 0 saturated heterocycles. The third-order valence-corrected chi connectivity index (χ3v) is 3.76. The molecular formula is C14H12Br2N2O3. The number of hydrogen-bond acceptors (Lipinski definition) is 3. The molecule has 0 spiro atoms. The molecule has 0 bridgehead atoms. The number of aliphatic carboxylic acids is 1. The fraction of sp³-hybridized carbons (Fsp3) is 0.143. The zero-order valence-corrected chi connectivity index (χ0v) is 14.3. The summed E-state index contributed by atoms with van der Waals surface area (Å²) in [7, 11) is 1.85. The van der Waals surface area contributed by atoms with E-state index in [-0.39, 0.29) is 0 Å². The number of rotatable bonds is 5. The maximum Gasteiger partial charge on any atom is 0.328 e. The van der Waals surface area contributed by atoms with Crippen LogP contribution in [0.3, 0.4) is 0 Å². The summed E-state index contributed by atoms with van der Waals surface area (Å²) in [4.78, 5) is 10.5. The van der Waals surface area contributed by atoms with Crippen molar-refractivity contribution in [2.75, 3.05) is 0 Å². The highest BCUT2D eigenvalue weighted by Gasteiger charge is 2.09. The standard InChI is InChI=1S/C14H12Br2N2O3/c1-18-7-10(6-17-18)8-21-14-11(15)4-9(5-12(14)16)2-3-13(19)20/h2-7H,8H2,1H3,(H,19,20)/b3-2+. The van der Waals surface area contributed by atoms with E-state index < -0.39 is 5.97 Å². The van der Waals surface area contributed by atoms with Gasteiger partial charge in [0.05, 0.1) is 15.1 Å².